The molecule has 3 nitrogen and oxygen atoms in total. The van der Waals surface area contributed by atoms with Crippen LogP contribution in [0.2, 0.25) is 0 Å². The fourth-order valence-corrected chi connectivity index (χ4v) is 2.86. The Kier molecular flexibility index (Phi) is 6.49. The Balaban J connectivity index is 1.87. The molecule has 1 aromatic carbocycles. The van der Waals surface area contributed by atoms with Gasteiger partial charge in [-0.25, -0.2) is 4.98 Å². The van der Waals surface area contributed by atoms with Crippen molar-refractivity contribution in [1.82, 2.24) is 4.98 Å². The molecule has 0 unspecified atom stereocenters. The summed E-state index contributed by atoms with van der Waals surface area (Å²) >= 11 is 1.55. The molecule has 0 saturated heterocycles. The zero-order chi connectivity index (χ0) is 15.8. The van der Waals surface area contributed by atoms with Crippen LogP contribution in [0.25, 0.3) is 11.3 Å². The van der Waals surface area contributed by atoms with Gasteiger partial charge >= 0.3 is 0 Å². The van der Waals surface area contributed by atoms with Crippen molar-refractivity contribution < 1.29 is 9.53 Å². The zero-order valence-electron chi connectivity index (χ0n) is 12.8. The summed E-state index contributed by atoms with van der Waals surface area (Å²) in [6.45, 7) is 6.67. The molecule has 2 aromatic rings. The number of ketones is 1. The van der Waals surface area contributed by atoms with Gasteiger partial charge in [0.2, 0.25) is 0 Å². The highest BCUT2D eigenvalue weighted by Crippen LogP contribution is 2.22. The van der Waals surface area contributed by atoms with Crippen LogP contribution in [-0.2, 0) is 16.0 Å². The molecule has 0 aliphatic rings. The number of thiazole rings is 1. The van der Waals surface area contributed by atoms with E-state index in [0.717, 1.165) is 22.7 Å². The first-order chi connectivity index (χ1) is 10.7. The number of ether oxygens (including phenoxy) is 1. The van der Waals surface area contributed by atoms with Crippen molar-refractivity contribution in [2.24, 2.45) is 5.92 Å². The standard InChI is InChI=1S/C18H21NO2S/c1-3-10-21-11-9-14(2)17(20)12-18-19-16(13-22-18)15-7-5-4-6-8-15/h3-8,13-14H,1,9-12H2,2H3/t14-/m0/s1. The third-order valence-corrected chi connectivity index (χ3v) is 4.28. The molecule has 0 aliphatic carbocycles. The monoisotopic (exact) mass is 315 g/mol. The predicted molar refractivity (Wildman–Crippen MR) is 91.1 cm³/mol. The number of aromatic nitrogens is 1. The van der Waals surface area contributed by atoms with Crippen LogP contribution >= 0.6 is 11.3 Å². The van der Waals surface area contributed by atoms with Gasteiger partial charge in [0, 0.05) is 23.5 Å². The average molecular weight is 315 g/mol. The van der Waals surface area contributed by atoms with Gasteiger partial charge in [0.05, 0.1) is 18.7 Å². The van der Waals surface area contributed by atoms with Gasteiger partial charge in [-0.05, 0) is 6.42 Å². The van der Waals surface area contributed by atoms with Crippen LogP contribution in [0, 0.1) is 5.92 Å². The lowest BCUT2D eigenvalue weighted by Gasteiger charge is -2.09. The van der Waals surface area contributed by atoms with Crippen LogP contribution in [0.5, 0.6) is 0 Å². The van der Waals surface area contributed by atoms with E-state index < -0.39 is 0 Å². The number of benzene rings is 1. The van der Waals surface area contributed by atoms with E-state index in [4.69, 9.17) is 4.74 Å². The lowest BCUT2D eigenvalue weighted by atomic mass is 10.0. The van der Waals surface area contributed by atoms with Gasteiger partial charge in [0.1, 0.15) is 10.8 Å². The van der Waals surface area contributed by atoms with Gasteiger partial charge in [-0.1, -0.05) is 43.3 Å². The second kappa shape index (κ2) is 8.61. The van der Waals surface area contributed by atoms with Crippen molar-refractivity contribution in [1.29, 1.82) is 0 Å². The fourth-order valence-electron chi connectivity index (χ4n) is 2.04. The maximum absolute atomic E-state index is 12.2. The molecule has 1 atom stereocenters. The molecule has 1 heterocycles. The van der Waals surface area contributed by atoms with Crippen LogP contribution in [0.15, 0.2) is 48.4 Å². The molecule has 0 aliphatic heterocycles. The molecule has 1 aromatic heterocycles. The summed E-state index contributed by atoms with van der Waals surface area (Å²) in [5.74, 6) is 0.213. The Morgan fingerprint density at radius 1 is 1.41 bits per heavy atom. The minimum Gasteiger partial charge on any atom is -0.377 e. The second-order valence-electron chi connectivity index (χ2n) is 5.19. The van der Waals surface area contributed by atoms with Crippen LogP contribution in [0.4, 0.5) is 0 Å². The molecular weight excluding hydrogens is 294 g/mol. The zero-order valence-corrected chi connectivity index (χ0v) is 13.6. The smallest absolute Gasteiger partial charge is 0.142 e. The summed E-state index contributed by atoms with van der Waals surface area (Å²) in [6.07, 6.45) is 2.86. The fraction of sp³-hybridized carbons (Fsp3) is 0.333. The van der Waals surface area contributed by atoms with Crippen molar-refractivity contribution >= 4 is 17.1 Å². The molecular formula is C18H21NO2S. The molecule has 0 spiro atoms. The van der Waals surface area contributed by atoms with Crippen LogP contribution in [0.1, 0.15) is 18.4 Å². The Labute approximate surface area is 135 Å². The predicted octanol–water partition coefficient (Wildman–Crippen LogP) is 4.15. The molecule has 0 radical (unpaired) electrons. The molecule has 4 heteroatoms. The third kappa shape index (κ3) is 4.90. The van der Waals surface area contributed by atoms with Gasteiger partial charge in [-0.15, -0.1) is 17.9 Å². The highest BCUT2D eigenvalue weighted by molar-refractivity contribution is 7.10. The normalized spacial score (nSPS) is 12.0. The van der Waals surface area contributed by atoms with Crippen LogP contribution in [0.3, 0.4) is 0 Å². The molecule has 116 valence electrons. The van der Waals surface area contributed by atoms with E-state index in [-0.39, 0.29) is 11.7 Å². The molecule has 0 amide bonds. The third-order valence-electron chi connectivity index (χ3n) is 3.43. The first-order valence-electron chi connectivity index (χ1n) is 7.42. The Morgan fingerprint density at radius 2 is 2.18 bits per heavy atom. The number of nitrogens with zero attached hydrogens (tertiary/aromatic N) is 1. The number of carbonyl (C=O) groups excluding carboxylic acids is 1. The molecule has 2 rings (SSSR count). The summed E-state index contributed by atoms with van der Waals surface area (Å²) in [5.41, 5.74) is 2.03. The number of hydrogen-bond acceptors (Lipinski definition) is 4. The van der Waals surface area contributed by atoms with Crippen molar-refractivity contribution in [2.75, 3.05) is 13.2 Å². The number of Topliss-reactive ketones (excluding diaryl/α,β-unsaturated/α-hetero) is 1. The Bertz CT molecular complexity index is 607. The number of hydrogen-bond donors (Lipinski definition) is 0. The van der Waals surface area contributed by atoms with Gasteiger partial charge in [0.15, 0.2) is 0 Å². The molecule has 0 fully saturated rings. The molecule has 0 bridgehead atoms. The molecule has 0 N–H and O–H groups in total. The SMILES string of the molecule is C=CCOCC[C@H](C)C(=O)Cc1nc(-c2ccccc2)cs1. The maximum atomic E-state index is 12.2. The van der Waals surface area contributed by atoms with Crippen LogP contribution < -0.4 is 0 Å². The minimum absolute atomic E-state index is 0.00566. The molecule has 22 heavy (non-hydrogen) atoms. The summed E-state index contributed by atoms with van der Waals surface area (Å²) in [7, 11) is 0. The largest absolute Gasteiger partial charge is 0.377 e. The van der Waals surface area contributed by atoms with E-state index >= 15 is 0 Å². The first-order valence-corrected chi connectivity index (χ1v) is 8.30. The van der Waals surface area contributed by atoms with Crippen molar-refractivity contribution in [3.63, 3.8) is 0 Å². The van der Waals surface area contributed by atoms with Crippen LogP contribution in [-0.4, -0.2) is 24.0 Å². The van der Waals surface area contributed by atoms with Gasteiger partial charge < -0.3 is 4.74 Å². The number of carbonyl (C=O) groups is 1. The van der Waals surface area contributed by atoms with E-state index in [0.29, 0.717) is 19.6 Å². The van der Waals surface area contributed by atoms with E-state index in [1.165, 1.54) is 0 Å². The minimum atomic E-state index is -0.00566. The first kappa shape index (κ1) is 16.6. The highest BCUT2D eigenvalue weighted by atomic mass is 32.1. The maximum Gasteiger partial charge on any atom is 0.142 e. The summed E-state index contributed by atoms with van der Waals surface area (Å²) in [4.78, 5) is 16.8. The van der Waals surface area contributed by atoms with Crippen molar-refractivity contribution in [2.45, 2.75) is 19.8 Å². The second-order valence-corrected chi connectivity index (χ2v) is 6.13. The summed E-state index contributed by atoms with van der Waals surface area (Å²) in [6, 6.07) is 10.0. The highest BCUT2D eigenvalue weighted by Gasteiger charge is 2.15. The van der Waals surface area contributed by atoms with E-state index in [1.54, 1.807) is 17.4 Å². The lowest BCUT2D eigenvalue weighted by Crippen LogP contribution is -2.15. The van der Waals surface area contributed by atoms with Crippen molar-refractivity contribution in [3.05, 3.63) is 53.4 Å². The topological polar surface area (TPSA) is 39.2 Å². The van der Waals surface area contributed by atoms with Gasteiger partial charge in [-0.3, -0.25) is 4.79 Å². The van der Waals surface area contributed by atoms with Crippen molar-refractivity contribution in [3.8, 4) is 11.3 Å². The van der Waals surface area contributed by atoms with E-state index in [9.17, 15) is 4.79 Å². The quantitative estimate of drug-likeness (QED) is 0.515. The average Bonchev–Trinajstić information content (AvgIpc) is 3.00. The Hall–Kier alpha value is -1.78. The van der Waals surface area contributed by atoms with E-state index in [1.807, 2.05) is 42.6 Å². The molecule has 0 saturated carbocycles. The van der Waals surface area contributed by atoms with Gasteiger partial charge in [0.25, 0.3) is 0 Å². The lowest BCUT2D eigenvalue weighted by molar-refractivity contribution is -0.122. The van der Waals surface area contributed by atoms with Gasteiger partial charge in [-0.2, -0.15) is 0 Å². The summed E-state index contributed by atoms with van der Waals surface area (Å²) in [5, 5.41) is 2.89. The number of rotatable bonds is 9. The summed E-state index contributed by atoms with van der Waals surface area (Å²) < 4.78 is 5.33. The van der Waals surface area contributed by atoms with E-state index in [2.05, 4.69) is 11.6 Å². The Morgan fingerprint density at radius 3 is 2.91 bits per heavy atom.